The normalized spacial score (nSPS) is 30.4. The average molecular weight is 213 g/mol. The first kappa shape index (κ1) is 10.4. The number of carbonyl (C=O) groups excluding carboxylic acids is 2. The van der Waals surface area contributed by atoms with E-state index in [4.69, 9.17) is 9.47 Å². The molecule has 2 fully saturated rings. The van der Waals surface area contributed by atoms with Crippen LogP contribution in [0.15, 0.2) is 0 Å². The zero-order valence-corrected chi connectivity index (χ0v) is 8.53. The predicted molar refractivity (Wildman–Crippen MR) is 51.0 cm³/mol. The molecule has 2 aliphatic rings. The highest BCUT2D eigenvalue weighted by molar-refractivity contribution is 5.75. The largest absolute Gasteiger partial charge is 0.465 e. The van der Waals surface area contributed by atoms with Gasteiger partial charge in [0.2, 0.25) is 0 Å². The fourth-order valence-corrected chi connectivity index (χ4v) is 1.88. The summed E-state index contributed by atoms with van der Waals surface area (Å²) in [6.07, 6.45) is 1.56. The molecule has 84 valence electrons. The first-order valence-corrected chi connectivity index (χ1v) is 5.31. The molecule has 2 rings (SSSR count). The summed E-state index contributed by atoms with van der Waals surface area (Å²) in [5.41, 5.74) is 0. The van der Waals surface area contributed by atoms with Crippen molar-refractivity contribution < 1.29 is 19.1 Å². The number of hydrogen-bond donors (Lipinski definition) is 1. The topological polar surface area (TPSA) is 64.6 Å². The minimum atomic E-state index is -0.128. The van der Waals surface area contributed by atoms with Crippen molar-refractivity contribution >= 4 is 11.9 Å². The molecular formula is C10H15NO4. The van der Waals surface area contributed by atoms with Crippen LogP contribution in [0.1, 0.15) is 12.8 Å². The predicted octanol–water partition coefficient (Wildman–Crippen LogP) is -0.298. The number of nitrogens with one attached hydrogen (secondary N) is 1. The maximum Gasteiger partial charge on any atom is 0.310 e. The molecule has 2 atom stereocenters. The van der Waals surface area contributed by atoms with Crippen LogP contribution >= 0.6 is 0 Å². The fourth-order valence-electron chi connectivity index (χ4n) is 1.88. The zero-order valence-electron chi connectivity index (χ0n) is 8.53. The van der Waals surface area contributed by atoms with E-state index >= 15 is 0 Å². The molecule has 0 radical (unpaired) electrons. The van der Waals surface area contributed by atoms with Crippen molar-refractivity contribution in [2.45, 2.75) is 12.8 Å². The molecule has 5 heteroatoms. The Kier molecular flexibility index (Phi) is 3.20. The Balaban J connectivity index is 1.66. The molecule has 0 aromatic carbocycles. The summed E-state index contributed by atoms with van der Waals surface area (Å²) in [5.74, 6) is -0.335. The van der Waals surface area contributed by atoms with E-state index in [0.29, 0.717) is 26.3 Å². The lowest BCUT2D eigenvalue weighted by Crippen LogP contribution is -2.31. The van der Waals surface area contributed by atoms with Gasteiger partial charge in [-0.2, -0.15) is 0 Å². The second-order valence-corrected chi connectivity index (χ2v) is 3.96. The van der Waals surface area contributed by atoms with E-state index in [0.717, 1.165) is 12.8 Å². The van der Waals surface area contributed by atoms with Crippen LogP contribution in [0.25, 0.3) is 0 Å². The van der Waals surface area contributed by atoms with Crippen molar-refractivity contribution in [1.29, 1.82) is 0 Å². The van der Waals surface area contributed by atoms with Crippen LogP contribution in [-0.2, 0) is 19.1 Å². The van der Waals surface area contributed by atoms with Crippen molar-refractivity contribution in [3.8, 4) is 0 Å². The molecule has 0 aromatic rings. The molecular weight excluding hydrogens is 198 g/mol. The second-order valence-electron chi connectivity index (χ2n) is 3.96. The van der Waals surface area contributed by atoms with Gasteiger partial charge in [-0.3, -0.25) is 9.59 Å². The summed E-state index contributed by atoms with van der Waals surface area (Å²) >= 11 is 0. The number of hydrogen-bond acceptors (Lipinski definition) is 5. The highest BCUT2D eigenvalue weighted by Gasteiger charge is 2.28. The molecule has 0 unspecified atom stereocenters. The third-order valence-corrected chi connectivity index (χ3v) is 2.87. The summed E-state index contributed by atoms with van der Waals surface area (Å²) in [6.45, 7) is 2.25. The summed E-state index contributed by atoms with van der Waals surface area (Å²) < 4.78 is 9.68. The first-order chi connectivity index (χ1) is 7.27. The smallest absolute Gasteiger partial charge is 0.310 e. The molecule has 0 amide bonds. The van der Waals surface area contributed by atoms with Crippen molar-refractivity contribution in [2.24, 2.45) is 11.8 Å². The van der Waals surface area contributed by atoms with E-state index in [-0.39, 0.29) is 23.8 Å². The summed E-state index contributed by atoms with van der Waals surface area (Å²) in [6, 6.07) is 0. The maximum atomic E-state index is 11.1. The summed E-state index contributed by atoms with van der Waals surface area (Å²) in [7, 11) is 0. The van der Waals surface area contributed by atoms with Gasteiger partial charge in [0.05, 0.1) is 25.0 Å². The number of rotatable bonds is 4. The molecule has 15 heavy (non-hydrogen) atoms. The molecule has 0 bridgehead atoms. The molecule has 0 spiro atoms. The van der Waals surface area contributed by atoms with Gasteiger partial charge in [-0.15, -0.1) is 0 Å². The third-order valence-electron chi connectivity index (χ3n) is 2.87. The number of esters is 2. The molecule has 0 aromatic heterocycles. The Bertz CT molecular complexity index is 240. The van der Waals surface area contributed by atoms with Gasteiger partial charge >= 0.3 is 11.9 Å². The Hall–Kier alpha value is -1.10. The molecule has 2 saturated heterocycles. The van der Waals surface area contributed by atoms with Gasteiger partial charge in [0.15, 0.2) is 0 Å². The van der Waals surface area contributed by atoms with Crippen molar-refractivity contribution in [3.05, 3.63) is 0 Å². The highest BCUT2D eigenvalue weighted by atomic mass is 16.5. The monoisotopic (exact) mass is 213 g/mol. The van der Waals surface area contributed by atoms with Crippen molar-refractivity contribution in [1.82, 2.24) is 5.32 Å². The Labute approximate surface area is 88.1 Å². The Morgan fingerprint density at radius 2 is 1.47 bits per heavy atom. The van der Waals surface area contributed by atoms with Gasteiger partial charge in [0, 0.05) is 13.1 Å². The zero-order chi connectivity index (χ0) is 10.7. The lowest BCUT2D eigenvalue weighted by Gasteiger charge is -2.09. The van der Waals surface area contributed by atoms with E-state index in [9.17, 15) is 9.59 Å². The van der Waals surface area contributed by atoms with Crippen molar-refractivity contribution in [3.63, 3.8) is 0 Å². The van der Waals surface area contributed by atoms with E-state index in [1.54, 1.807) is 0 Å². The molecule has 5 nitrogen and oxygen atoms in total. The molecule has 2 aliphatic heterocycles. The van der Waals surface area contributed by atoms with Crippen LogP contribution in [0.3, 0.4) is 0 Å². The minimum Gasteiger partial charge on any atom is -0.465 e. The molecule has 1 N–H and O–H groups in total. The average Bonchev–Trinajstić information content (AvgIpc) is 2.78. The van der Waals surface area contributed by atoms with Gasteiger partial charge in [-0.1, -0.05) is 0 Å². The third kappa shape index (κ3) is 2.47. The van der Waals surface area contributed by atoms with Gasteiger partial charge in [-0.25, -0.2) is 0 Å². The lowest BCUT2D eigenvalue weighted by molar-refractivity contribution is -0.141. The summed E-state index contributed by atoms with van der Waals surface area (Å²) in [4.78, 5) is 22.2. The number of ether oxygens (including phenoxy) is 2. The van der Waals surface area contributed by atoms with Gasteiger partial charge in [0.25, 0.3) is 0 Å². The van der Waals surface area contributed by atoms with Gasteiger partial charge in [0.1, 0.15) is 0 Å². The molecule has 2 heterocycles. The highest BCUT2D eigenvalue weighted by Crippen LogP contribution is 2.15. The number of carbonyl (C=O) groups is 2. The first-order valence-electron chi connectivity index (χ1n) is 5.31. The number of cyclic esters (lactones) is 2. The molecule has 0 saturated carbocycles. The maximum absolute atomic E-state index is 11.1. The van der Waals surface area contributed by atoms with Crippen LogP contribution in [0, 0.1) is 11.8 Å². The van der Waals surface area contributed by atoms with Crippen LogP contribution in [0.4, 0.5) is 0 Å². The van der Waals surface area contributed by atoms with Gasteiger partial charge in [-0.05, 0) is 12.8 Å². The standard InChI is InChI=1S/C10H15NO4/c12-9-7(1-3-14-9)5-11-6-8-2-4-15-10(8)13/h7-8,11H,1-6H2/t7-,8-/m1/s1. The Morgan fingerprint density at radius 1 is 1.00 bits per heavy atom. The van der Waals surface area contributed by atoms with E-state index < -0.39 is 0 Å². The SMILES string of the molecule is O=C1OCC[C@@H]1CNC[C@H]1CCOC1=O. The Morgan fingerprint density at radius 3 is 1.80 bits per heavy atom. The quantitative estimate of drug-likeness (QED) is 0.650. The van der Waals surface area contributed by atoms with E-state index in [1.807, 2.05) is 0 Å². The van der Waals surface area contributed by atoms with Crippen LogP contribution in [-0.4, -0.2) is 38.2 Å². The van der Waals surface area contributed by atoms with Crippen LogP contribution in [0.5, 0.6) is 0 Å². The van der Waals surface area contributed by atoms with E-state index in [1.165, 1.54) is 0 Å². The minimum absolute atomic E-state index is 0.0394. The van der Waals surface area contributed by atoms with Gasteiger partial charge < -0.3 is 14.8 Å². The second kappa shape index (κ2) is 4.61. The summed E-state index contributed by atoms with van der Waals surface area (Å²) in [5, 5.41) is 3.13. The molecule has 0 aliphatic carbocycles. The van der Waals surface area contributed by atoms with Crippen molar-refractivity contribution in [2.75, 3.05) is 26.3 Å². The fraction of sp³-hybridized carbons (Fsp3) is 0.800. The van der Waals surface area contributed by atoms with Crippen LogP contribution in [0.2, 0.25) is 0 Å². The lowest BCUT2D eigenvalue weighted by atomic mass is 10.1. The van der Waals surface area contributed by atoms with E-state index in [2.05, 4.69) is 5.32 Å². The van der Waals surface area contributed by atoms with Crippen LogP contribution < -0.4 is 5.32 Å².